The minimum Gasteiger partial charge on any atom is -0.325 e. The van der Waals surface area contributed by atoms with E-state index in [0.29, 0.717) is 29.7 Å². The average molecular weight is 307 g/mol. The van der Waals surface area contributed by atoms with E-state index in [4.69, 9.17) is 11.6 Å². The molecule has 0 radical (unpaired) electrons. The fraction of sp³-hybridized carbons (Fsp3) is 0.385. The minimum atomic E-state index is -0.0704. The van der Waals surface area contributed by atoms with Crippen molar-refractivity contribution in [1.82, 2.24) is 25.5 Å². The van der Waals surface area contributed by atoms with Gasteiger partial charge in [0.15, 0.2) is 0 Å². The lowest BCUT2D eigenvalue weighted by molar-refractivity contribution is -0.116. The SMILES string of the molecule is O=C(CCNC1CC1)Nc1cc(-n2cnnn2)ccc1Cl. The Morgan fingerprint density at radius 1 is 1.43 bits per heavy atom. The van der Waals surface area contributed by atoms with E-state index in [9.17, 15) is 4.79 Å². The zero-order chi connectivity index (χ0) is 14.7. The van der Waals surface area contributed by atoms with E-state index >= 15 is 0 Å². The molecule has 1 fully saturated rings. The summed E-state index contributed by atoms with van der Waals surface area (Å²) in [5.74, 6) is -0.0704. The van der Waals surface area contributed by atoms with E-state index < -0.39 is 0 Å². The predicted octanol–water partition coefficient (Wildman–Crippen LogP) is 1.40. The number of benzene rings is 1. The van der Waals surface area contributed by atoms with Crippen molar-refractivity contribution in [3.63, 3.8) is 0 Å². The fourth-order valence-electron chi connectivity index (χ4n) is 1.92. The molecule has 2 aromatic rings. The molecule has 2 N–H and O–H groups in total. The number of amides is 1. The quantitative estimate of drug-likeness (QED) is 0.842. The van der Waals surface area contributed by atoms with Crippen molar-refractivity contribution < 1.29 is 4.79 Å². The molecule has 0 aliphatic heterocycles. The normalized spacial score (nSPS) is 14.1. The van der Waals surface area contributed by atoms with Crippen LogP contribution in [0.15, 0.2) is 24.5 Å². The smallest absolute Gasteiger partial charge is 0.225 e. The van der Waals surface area contributed by atoms with Gasteiger partial charge in [-0.1, -0.05) is 11.6 Å². The molecule has 0 saturated heterocycles. The van der Waals surface area contributed by atoms with Crippen molar-refractivity contribution in [1.29, 1.82) is 0 Å². The van der Waals surface area contributed by atoms with Crippen molar-refractivity contribution in [3.8, 4) is 5.69 Å². The lowest BCUT2D eigenvalue weighted by Gasteiger charge is -2.09. The molecule has 1 aliphatic rings. The molecule has 0 unspecified atom stereocenters. The number of nitrogens with zero attached hydrogens (tertiary/aromatic N) is 4. The average Bonchev–Trinajstić information content (AvgIpc) is 3.13. The van der Waals surface area contributed by atoms with Crippen molar-refractivity contribution in [3.05, 3.63) is 29.5 Å². The van der Waals surface area contributed by atoms with Crippen LogP contribution in [0.5, 0.6) is 0 Å². The van der Waals surface area contributed by atoms with Crippen LogP contribution in [-0.2, 0) is 4.79 Å². The molecule has 8 heteroatoms. The molecule has 0 atom stereocenters. The molecule has 21 heavy (non-hydrogen) atoms. The van der Waals surface area contributed by atoms with Crippen LogP contribution < -0.4 is 10.6 Å². The summed E-state index contributed by atoms with van der Waals surface area (Å²) in [5, 5.41) is 17.6. The molecule has 1 aromatic carbocycles. The van der Waals surface area contributed by atoms with E-state index in [1.165, 1.54) is 23.9 Å². The number of hydrogen-bond acceptors (Lipinski definition) is 5. The summed E-state index contributed by atoms with van der Waals surface area (Å²) in [6.45, 7) is 0.681. The van der Waals surface area contributed by atoms with Crippen LogP contribution >= 0.6 is 11.6 Å². The van der Waals surface area contributed by atoms with Crippen molar-refractivity contribution in [2.24, 2.45) is 0 Å². The van der Waals surface area contributed by atoms with Gasteiger partial charge >= 0.3 is 0 Å². The van der Waals surface area contributed by atoms with Crippen molar-refractivity contribution in [2.75, 3.05) is 11.9 Å². The molecule has 110 valence electrons. The first-order valence-corrected chi connectivity index (χ1v) is 7.16. The highest BCUT2D eigenvalue weighted by Gasteiger charge is 2.20. The molecule has 3 rings (SSSR count). The van der Waals surface area contributed by atoms with E-state index in [1.807, 2.05) is 0 Å². The zero-order valence-corrected chi connectivity index (χ0v) is 12.0. The highest BCUT2D eigenvalue weighted by atomic mass is 35.5. The summed E-state index contributed by atoms with van der Waals surface area (Å²) in [6, 6.07) is 5.83. The van der Waals surface area contributed by atoms with Gasteiger partial charge in [0.05, 0.1) is 16.4 Å². The molecule has 0 bridgehead atoms. The number of tetrazole rings is 1. The Morgan fingerprint density at radius 3 is 3.00 bits per heavy atom. The van der Waals surface area contributed by atoms with Gasteiger partial charge in [0.25, 0.3) is 0 Å². The second kappa shape index (κ2) is 6.19. The van der Waals surface area contributed by atoms with E-state index in [1.54, 1.807) is 18.2 Å². The number of aromatic nitrogens is 4. The van der Waals surface area contributed by atoms with Gasteiger partial charge in [0, 0.05) is 19.0 Å². The first-order chi connectivity index (χ1) is 10.2. The number of carbonyl (C=O) groups is 1. The maximum Gasteiger partial charge on any atom is 0.225 e. The Kier molecular flexibility index (Phi) is 4.12. The predicted molar refractivity (Wildman–Crippen MR) is 78.4 cm³/mol. The fourth-order valence-corrected chi connectivity index (χ4v) is 2.09. The summed E-state index contributed by atoms with van der Waals surface area (Å²) >= 11 is 6.10. The second-order valence-electron chi connectivity index (χ2n) is 4.95. The highest BCUT2D eigenvalue weighted by molar-refractivity contribution is 6.33. The summed E-state index contributed by atoms with van der Waals surface area (Å²) < 4.78 is 1.50. The van der Waals surface area contributed by atoms with E-state index in [-0.39, 0.29) is 5.91 Å². The van der Waals surface area contributed by atoms with Crippen molar-refractivity contribution in [2.45, 2.75) is 25.3 Å². The Labute approximate surface area is 126 Å². The molecule has 1 amide bonds. The van der Waals surface area contributed by atoms with Gasteiger partial charge in [-0.2, -0.15) is 0 Å². The van der Waals surface area contributed by atoms with Gasteiger partial charge in [0.2, 0.25) is 5.91 Å². The largest absolute Gasteiger partial charge is 0.325 e. The van der Waals surface area contributed by atoms with Gasteiger partial charge in [-0.15, -0.1) is 5.10 Å². The summed E-state index contributed by atoms with van der Waals surface area (Å²) in [6.07, 6.45) is 4.32. The van der Waals surface area contributed by atoms with Crippen molar-refractivity contribution >= 4 is 23.2 Å². The number of anilines is 1. The van der Waals surface area contributed by atoms with Gasteiger partial charge < -0.3 is 10.6 Å². The Hall–Kier alpha value is -1.99. The van der Waals surface area contributed by atoms with E-state index in [2.05, 4.69) is 26.2 Å². The molecule has 0 spiro atoms. The van der Waals surface area contributed by atoms with Gasteiger partial charge in [-0.25, -0.2) is 4.68 Å². The Morgan fingerprint density at radius 2 is 2.29 bits per heavy atom. The van der Waals surface area contributed by atoms with E-state index in [0.717, 1.165) is 5.69 Å². The van der Waals surface area contributed by atoms with Crippen LogP contribution in [0.25, 0.3) is 5.69 Å². The standard InChI is InChI=1S/C13H15ClN6O/c14-11-4-3-10(20-8-16-18-19-20)7-12(11)17-13(21)5-6-15-9-1-2-9/h3-4,7-9,15H,1-2,5-6H2,(H,17,21). The topological polar surface area (TPSA) is 84.7 Å². The molecular formula is C13H15ClN6O. The van der Waals surface area contributed by atoms with Crippen LogP contribution in [0.2, 0.25) is 5.02 Å². The van der Waals surface area contributed by atoms with Crippen LogP contribution in [-0.4, -0.2) is 38.7 Å². The highest BCUT2D eigenvalue weighted by Crippen LogP contribution is 2.24. The van der Waals surface area contributed by atoms with Crippen LogP contribution in [0.1, 0.15) is 19.3 Å². The number of rotatable bonds is 6. The third-order valence-electron chi connectivity index (χ3n) is 3.20. The molecule has 1 heterocycles. The Bertz CT molecular complexity index is 626. The lowest BCUT2D eigenvalue weighted by Crippen LogP contribution is -2.23. The van der Waals surface area contributed by atoms with Crippen LogP contribution in [0.4, 0.5) is 5.69 Å². The molecule has 1 aliphatic carbocycles. The molecular weight excluding hydrogens is 292 g/mol. The lowest BCUT2D eigenvalue weighted by atomic mass is 10.2. The number of carbonyl (C=O) groups excluding carboxylic acids is 1. The number of hydrogen-bond donors (Lipinski definition) is 2. The first-order valence-electron chi connectivity index (χ1n) is 6.78. The third-order valence-corrected chi connectivity index (χ3v) is 3.53. The molecule has 7 nitrogen and oxygen atoms in total. The van der Waals surface area contributed by atoms with Gasteiger partial charge in [-0.3, -0.25) is 4.79 Å². The van der Waals surface area contributed by atoms with Gasteiger partial charge in [-0.05, 0) is 41.5 Å². The monoisotopic (exact) mass is 306 g/mol. The maximum absolute atomic E-state index is 11.9. The number of halogens is 1. The zero-order valence-electron chi connectivity index (χ0n) is 11.3. The summed E-state index contributed by atoms with van der Waals surface area (Å²) in [5.41, 5.74) is 1.29. The maximum atomic E-state index is 11.9. The van der Waals surface area contributed by atoms with Crippen LogP contribution in [0, 0.1) is 0 Å². The minimum absolute atomic E-state index is 0.0704. The number of nitrogens with one attached hydrogen (secondary N) is 2. The summed E-state index contributed by atoms with van der Waals surface area (Å²) in [7, 11) is 0. The third kappa shape index (κ3) is 3.77. The van der Waals surface area contributed by atoms with Crippen LogP contribution in [0.3, 0.4) is 0 Å². The first kappa shape index (κ1) is 14.0. The Balaban J connectivity index is 1.63. The summed E-state index contributed by atoms with van der Waals surface area (Å²) in [4.78, 5) is 11.9. The molecule has 1 aromatic heterocycles. The second-order valence-corrected chi connectivity index (χ2v) is 5.35. The molecule has 1 saturated carbocycles. The van der Waals surface area contributed by atoms with Gasteiger partial charge in [0.1, 0.15) is 6.33 Å².